The van der Waals surface area contributed by atoms with E-state index in [1.54, 1.807) is 25.1 Å². The van der Waals surface area contributed by atoms with Crippen molar-refractivity contribution in [2.45, 2.75) is 13.3 Å². The van der Waals surface area contributed by atoms with Gasteiger partial charge in [0.2, 0.25) is 0 Å². The number of benzene rings is 1. The number of esters is 1. The van der Waals surface area contributed by atoms with Crippen molar-refractivity contribution in [3.63, 3.8) is 0 Å². The maximum atomic E-state index is 11.7. The Hall–Kier alpha value is -1.41. The van der Waals surface area contributed by atoms with Crippen molar-refractivity contribution in [2.24, 2.45) is 0 Å². The van der Waals surface area contributed by atoms with Gasteiger partial charge in [0.05, 0.1) is 30.4 Å². The lowest BCUT2D eigenvalue weighted by molar-refractivity contribution is 0.0376. The van der Waals surface area contributed by atoms with Gasteiger partial charge in [-0.3, -0.25) is 4.90 Å². The van der Waals surface area contributed by atoms with Crippen LogP contribution in [-0.4, -0.2) is 62.0 Å². The van der Waals surface area contributed by atoms with Crippen molar-refractivity contribution in [1.82, 2.24) is 10.2 Å². The highest BCUT2D eigenvalue weighted by Crippen LogP contribution is 2.21. The molecule has 0 aliphatic carbocycles. The largest absolute Gasteiger partial charge is 0.462 e. The third-order valence-electron chi connectivity index (χ3n) is 3.76. The first kappa shape index (κ1) is 19.9. The molecule has 8 heteroatoms. The maximum absolute atomic E-state index is 11.7. The lowest BCUT2D eigenvalue weighted by atomic mass is 10.2. The van der Waals surface area contributed by atoms with Gasteiger partial charge in [0.15, 0.2) is 5.11 Å². The highest BCUT2D eigenvalue weighted by Gasteiger charge is 2.12. The summed E-state index contributed by atoms with van der Waals surface area (Å²) in [5.74, 6) is -0.428. The second-order valence-corrected chi connectivity index (χ2v) is 6.42. The second-order valence-electron chi connectivity index (χ2n) is 5.60. The van der Waals surface area contributed by atoms with Crippen molar-refractivity contribution in [3.05, 3.63) is 28.8 Å². The fourth-order valence-corrected chi connectivity index (χ4v) is 2.95. The van der Waals surface area contributed by atoms with E-state index in [9.17, 15) is 4.79 Å². The van der Waals surface area contributed by atoms with Crippen LogP contribution in [0.15, 0.2) is 18.2 Å². The Kier molecular flexibility index (Phi) is 8.40. The fraction of sp³-hybridized carbons (Fsp3) is 0.529. The van der Waals surface area contributed by atoms with Gasteiger partial charge >= 0.3 is 5.97 Å². The molecule has 1 aromatic carbocycles. The molecule has 6 nitrogen and oxygen atoms in total. The summed E-state index contributed by atoms with van der Waals surface area (Å²) in [7, 11) is 0. The number of halogens is 1. The van der Waals surface area contributed by atoms with Crippen LogP contribution >= 0.6 is 23.8 Å². The predicted molar refractivity (Wildman–Crippen MR) is 104 cm³/mol. The predicted octanol–water partition coefficient (Wildman–Crippen LogP) is 2.53. The lowest BCUT2D eigenvalue weighted by Gasteiger charge is -2.26. The summed E-state index contributed by atoms with van der Waals surface area (Å²) in [6.07, 6.45) is 1.00. The average molecular weight is 386 g/mol. The first-order valence-corrected chi connectivity index (χ1v) is 9.20. The summed E-state index contributed by atoms with van der Waals surface area (Å²) in [5, 5.41) is 7.11. The van der Waals surface area contributed by atoms with E-state index < -0.39 is 5.97 Å². The van der Waals surface area contributed by atoms with Crippen molar-refractivity contribution < 1.29 is 14.3 Å². The molecule has 0 amide bonds. The first-order chi connectivity index (χ1) is 12.1. The van der Waals surface area contributed by atoms with E-state index in [1.165, 1.54) is 0 Å². The Bertz CT molecular complexity index is 595. The van der Waals surface area contributed by atoms with E-state index in [0.29, 0.717) is 22.3 Å². The molecule has 0 unspecified atom stereocenters. The quantitative estimate of drug-likeness (QED) is 0.425. The van der Waals surface area contributed by atoms with Crippen molar-refractivity contribution in [3.8, 4) is 0 Å². The Labute approximate surface area is 158 Å². The molecule has 1 saturated heterocycles. The molecule has 138 valence electrons. The van der Waals surface area contributed by atoms with Crippen LogP contribution in [0.25, 0.3) is 0 Å². The number of nitrogens with one attached hydrogen (secondary N) is 2. The summed E-state index contributed by atoms with van der Waals surface area (Å²) >= 11 is 11.4. The number of thiocarbonyl (C=S) groups is 1. The lowest BCUT2D eigenvalue weighted by Crippen LogP contribution is -2.38. The molecular weight excluding hydrogens is 362 g/mol. The first-order valence-electron chi connectivity index (χ1n) is 8.41. The van der Waals surface area contributed by atoms with Crippen LogP contribution in [0.4, 0.5) is 5.69 Å². The molecule has 2 N–H and O–H groups in total. The van der Waals surface area contributed by atoms with Crippen LogP contribution in [0, 0.1) is 0 Å². The number of anilines is 1. The molecule has 1 aliphatic rings. The summed E-state index contributed by atoms with van der Waals surface area (Å²) in [6, 6.07) is 5.04. The topological polar surface area (TPSA) is 62.8 Å². The Balaban J connectivity index is 1.72. The van der Waals surface area contributed by atoms with Gasteiger partial charge in [0, 0.05) is 25.3 Å². The van der Waals surface area contributed by atoms with E-state index in [2.05, 4.69) is 15.5 Å². The molecule has 0 bridgehead atoms. The number of hydrogen-bond donors (Lipinski definition) is 2. The van der Waals surface area contributed by atoms with Crippen molar-refractivity contribution >= 4 is 40.6 Å². The van der Waals surface area contributed by atoms with Gasteiger partial charge in [-0.15, -0.1) is 0 Å². The SMILES string of the molecule is CCOC(=O)c1ccc(NC(=S)NCCCN2CCOCC2)cc1Cl. The highest BCUT2D eigenvalue weighted by molar-refractivity contribution is 7.80. The molecule has 1 fully saturated rings. The molecule has 25 heavy (non-hydrogen) atoms. The molecule has 0 saturated carbocycles. The minimum Gasteiger partial charge on any atom is -0.462 e. The number of hydrogen-bond acceptors (Lipinski definition) is 5. The summed E-state index contributed by atoms with van der Waals surface area (Å²) in [5.41, 5.74) is 1.07. The number of morpholine rings is 1. The number of carbonyl (C=O) groups excluding carboxylic acids is 1. The molecule has 0 radical (unpaired) electrons. The Morgan fingerprint density at radius 3 is 2.84 bits per heavy atom. The van der Waals surface area contributed by atoms with Gasteiger partial charge < -0.3 is 20.1 Å². The molecule has 0 aromatic heterocycles. The minimum absolute atomic E-state index is 0.313. The Morgan fingerprint density at radius 2 is 2.16 bits per heavy atom. The van der Waals surface area contributed by atoms with E-state index in [0.717, 1.165) is 51.5 Å². The van der Waals surface area contributed by atoms with Crippen LogP contribution in [-0.2, 0) is 9.47 Å². The molecule has 1 heterocycles. The monoisotopic (exact) mass is 385 g/mol. The second kappa shape index (κ2) is 10.6. The van der Waals surface area contributed by atoms with Gasteiger partial charge in [0.1, 0.15) is 0 Å². The molecule has 1 aromatic rings. The van der Waals surface area contributed by atoms with Gasteiger partial charge in [-0.2, -0.15) is 0 Å². The van der Waals surface area contributed by atoms with Crippen LogP contribution in [0.5, 0.6) is 0 Å². The molecule has 0 atom stereocenters. The van der Waals surface area contributed by atoms with Crippen LogP contribution in [0.3, 0.4) is 0 Å². The van der Waals surface area contributed by atoms with E-state index in [-0.39, 0.29) is 0 Å². The number of nitrogens with zero attached hydrogens (tertiary/aromatic N) is 1. The van der Waals surface area contributed by atoms with Gasteiger partial charge in [-0.25, -0.2) is 4.79 Å². The molecule has 2 rings (SSSR count). The number of carbonyl (C=O) groups is 1. The zero-order chi connectivity index (χ0) is 18.1. The molecule has 1 aliphatic heterocycles. The third-order valence-corrected chi connectivity index (χ3v) is 4.32. The van der Waals surface area contributed by atoms with Crippen molar-refractivity contribution in [1.29, 1.82) is 0 Å². The normalized spacial score (nSPS) is 14.8. The third kappa shape index (κ3) is 6.78. The van der Waals surface area contributed by atoms with Crippen LogP contribution < -0.4 is 10.6 Å². The molecule has 0 spiro atoms. The maximum Gasteiger partial charge on any atom is 0.339 e. The smallest absolute Gasteiger partial charge is 0.339 e. The van der Waals surface area contributed by atoms with E-state index >= 15 is 0 Å². The Morgan fingerprint density at radius 1 is 1.40 bits per heavy atom. The fourth-order valence-electron chi connectivity index (χ4n) is 2.47. The summed E-state index contributed by atoms with van der Waals surface area (Å²) < 4.78 is 10.3. The summed E-state index contributed by atoms with van der Waals surface area (Å²) in [4.78, 5) is 14.1. The standard InChI is InChI=1S/C17H24ClN3O3S/c1-2-24-16(22)14-5-4-13(12-15(14)18)20-17(25)19-6-3-7-21-8-10-23-11-9-21/h4-5,12H,2-3,6-11H2,1H3,(H2,19,20,25). The van der Waals surface area contributed by atoms with Crippen LogP contribution in [0.2, 0.25) is 5.02 Å². The van der Waals surface area contributed by atoms with Crippen molar-refractivity contribution in [2.75, 3.05) is 51.3 Å². The van der Waals surface area contributed by atoms with Crippen LogP contribution in [0.1, 0.15) is 23.7 Å². The van der Waals surface area contributed by atoms with E-state index in [1.807, 2.05) is 0 Å². The summed E-state index contributed by atoms with van der Waals surface area (Å²) in [6.45, 7) is 7.50. The zero-order valence-corrected chi connectivity index (χ0v) is 15.9. The zero-order valence-electron chi connectivity index (χ0n) is 14.3. The average Bonchev–Trinajstić information content (AvgIpc) is 2.60. The van der Waals surface area contributed by atoms with Gasteiger partial charge in [-0.05, 0) is 50.3 Å². The van der Waals surface area contributed by atoms with Gasteiger partial charge in [-0.1, -0.05) is 11.6 Å². The van der Waals surface area contributed by atoms with Gasteiger partial charge in [0.25, 0.3) is 0 Å². The minimum atomic E-state index is -0.428. The highest BCUT2D eigenvalue weighted by atomic mass is 35.5. The van der Waals surface area contributed by atoms with E-state index in [4.69, 9.17) is 33.3 Å². The number of rotatable bonds is 7. The molecular formula is C17H24ClN3O3S. The number of ether oxygens (including phenoxy) is 2.